The highest BCUT2D eigenvalue weighted by Crippen LogP contribution is 2.34. The molecule has 0 atom stereocenters. The van der Waals surface area contributed by atoms with Gasteiger partial charge in [0.05, 0.1) is 19.8 Å². The van der Waals surface area contributed by atoms with Crippen molar-refractivity contribution in [2.24, 2.45) is 0 Å². The predicted octanol–water partition coefficient (Wildman–Crippen LogP) is 3.13. The Morgan fingerprint density at radius 3 is 2.56 bits per heavy atom. The SMILES string of the molecule is COc1cc2c(CO)cccc2cc1OC(C)C. The summed E-state index contributed by atoms with van der Waals surface area (Å²) in [6.07, 6.45) is 0.0948. The second-order valence-corrected chi connectivity index (χ2v) is 4.47. The number of methoxy groups -OCH3 is 1. The molecule has 1 N–H and O–H groups in total. The van der Waals surface area contributed by atoms with E-state index in [1.54, 1.807) is 7.11 Å². The fourth-order valence-electron chi connectivity index (χ4n) is 1.99. The molecule has 0 unspecified atom stereocenters. The van der Waals surface area contributed by atoms with Crippen LogP contribution in [0.2, 0.25) is 0 Å². The Morgan fingerprint density at radius 1 is 1.17 bits per heavy atom. The normalized spacial score (nSPS) is 10.9. The van der Waals surface area contributed by atoms with Gasteiger partial charge in [0.25, 0.3) is 0 Å². The molecule has 3 heteroatoms. The van der Waals surface area contributed by atoms with E-state index in [9.17, 15) is 5.11 Å². The Bertz CT molecular complexity index is 547. The van der Waals surface area contributed by atoms with Gasteiger partial charge in [0.15, 0.2) is 11.5 Å². The number of ether oxygens (including phenoxy) is 2. The summed E-state index contributed by atoms with van der Waals surface area (Å²) in [6, 6.07) is 9.71. The number of benzene rings is 2. The van der Waals surface area contributed by atoms with Crippen LogP contribution in [0.15, 0.2) is 30.3 Å². The van der Waals surface area contributed by atoms with Crippen LogP contribution >= 0.6 is 0 Å². The van der Waals surface area contributed by atoms with Gasteiger partial charge >= 0.3 is 0 Å². The van der Waals surface area contributed by atoms with E-state index in [4.69, 9.17) is 9.47 Å². The highest BCUT2D eigenvalue weighted by atomic mass is 16.5. The number of hydrogen-bond acceptors (Lipinski definition) is 3. The minimum Gasteiger partial charge on any atom is -0.493 e. The topological polar surface area (TPSA) is 38.7 Å². The monoisotopic (exact) mass is 246 g/mol. The van der Waals surface area contributed by atoms with Crippen molar-refractivity contribution in [2.75, 3.05) is 7.11 Å². The first-order valence-corrected chi connectivity index (χ1v) is 6.03. The molecule has 0 aromatic heterocycles. The Morgan fingerprint density at radius 2 is 1.94 bits per heavy atom. The maximum absolute atomic E-state index is 9.34. The van der Waals surface area contributed by atoms with Gasteiger partial charge in [-0.2, -0.15) is 0 Å². The molecule has 0 bridgehead atoms. The van der Waals surface area contributed by atoms with E-state index in [2.05, 4.69) is 0 Å². The van der Waals surface area contributed by atoms with E-state index < -0.39 is 0 Å². The maximum atomic E-state index is 9.34. The fourth-order valence-corrected chi connectivity index (χ4v) is 1.99. The highest BCUT2D eigenvalue weighted by Gasteiger charge is 2.10. The van der Waals surface area contributed by atoms with Gasteiger partial charge in [-0.15, -0.1) is 0 Å². The van der Waals surface area contributed by atoms with Crippen molar-refractivity contribution >= 4 is 10.8 Å². The van der Waals surface area contributed by atoms with Crippen LogP contribution in [0.3, 0.4) is 0 Å². The molecule has 0 spiro atoms. The minimum atomic E-state index is 0.0187. The van der Waals surface area contributed by atoms with Gasteiger partial charge in [0.2, 0.25) is 0 Å². The average molecular weight is 246 g/mol. The maximum Gasteiger partial charge on any atom is 0.162 e. The molecule has 0 aliphatic carbocycles. The van der Waals surface area contributed by atoms with Crippen LogP contribution in [-0.4, -0.2) is 18.3 Å². The van der Waals surface area contributed by atoms with Gasteiger partial charge in [-0.05, 0) is 42.3 Å². The molecule has 0 fully saturated rings. The van der Waals surface area contributed by atoms with E-state index in [1.165, 1.54) is 0 Å². The quantitative estimate of drug-likeness (QED) is 0.900. The fraction of sp³-hybridized carbons (Fsp3) is 0.333. The lowest BCUT2D eigenvalue weighted by atomic mass is 10.0. The Labute approximate surface area is 107 Å². The van der Waals surface area contributed by atoms with E-state index >= 15 is 0 Å². The first-order valence-electron chi connectivity index (χ1n) is 6.03. The number of aliphatic hydroxyl groups is 1. The first-order chi connectivity index (χ1) is 8.65. The van der Waals surface area contributed by atoms with Crippen LogP contribution in [0.1, 0.15) is 19.4 Å². The van der Waals surface area contributed by atoms with Crippen molar-refractivity contribution in [3.8, 4) is 11.5 Å². The van der Waals surface area contributed by atoms with Crippen LogP contribution in [0.25, 0.3) is 10.8 Å². The Kier molecular flexibility index (Phi) is 3.72. The summed E-state index contributed by atoms with van der Waals surface area (Å²) in [5, 5.41) is 11.4. The van der Waals surface area contributed by atoms with Crippen LogP contribution in [0.4, 0.5) is 0 Å². The standard InChI is InChI=1S/C15H18O3/c1-10(2)18-15-7-11-5-4-6-12(9-16)13(11)8-14(15)17-3/h4-8,10,16H,9H2,1-3H3. The molecule has 2 aromatic rings. The van der Waals surface area contributed by atoms with Crippen LogP contribution in [0, 0.1) is 0 Å². The smallest absolute Gasteiger partial charge is 0.162 e. The Hall–Kier alpha value is -1.74. The van der Waals surface area contributed by atoms with Crippen molar-refractivity contribution in [2.45, 2.75) is 26.6 Å². The molecular formula is C15H18O3. The van der Waals surface area contributed by atoms with Gasteiger partial charge < -0.3 is 14.6 Å². The van der Waals surface area contributed by atoms with Gasteiger partial charge in [-0.3, -0.25) is 0 Å². The van der Waals surface area contributed by atoms with E-state index in [-0.39, 0.29) is 12.7 Å². The molecule has 96 valence electrons. The lowest BCUT2D eigenvalue weighted by Crippen LogP contribution is -2.06. The molecule has 0 aliphatic heterocycles. The third-order valence-corrected chi connectivity index (χ3v) is 2.79. The summed E-state index contributed by atoms with van der Waals surface area (Å²) in [5.74, 6) is 1.42. The molecule has 18 heavy (non-hydrogen) atoms. The molecule has 2 rings (SSSR count). The molecule has 0 saturated heterocycles. The zero-order chi connectivity index (χ0) is 13.1. The molecule has 2 aromatic carbocycles. The largest absolute Gasteiger partial charge is 0.493 e. The number of aliphatic hydroxyl groups excluding tert-OH is 1. The summed E-state index contributed by atoms with van der Waals surface area (Å²) in [5.41, 5.74) is 0.891. The average Bonchev–Trinajstić information content (AvgIpc) is 2.36. The summed E-state index contributed by atoms with van der Waals surface area (Å²) in [6.45, 7) is 3.98. The number of fused-ring (bicyclic) bond motifs is 1. The van der Waals surface area contributed by atoms with E-state index in [0.717, 1.165) is 22.1 Å². The van der Waals surface area contributed by atoms with Crippen molar-refractivity contribution in [1.82, 2.24) is 0 Å². The third kappa shape index (κ3) is 2.41. The van der Waals surface area contributed by atoms with Crippen LogP contribution in [0.5, 0.6) is 11.5 Å². The lowest BCUT2D eigenvalue weighted by molar-refractivity contribution is 0.230. The van der Waals surface area contributed by atoms with E-state index in [0.29, 0.717) is 5.75 Å². The molecule has 0 aliphatic rings. The zero-order valence-electron chi connectivity index (χ0n) is 10.9. The lowest BCUT2D eigenvalue weighted by Gasteiger charge is -2.15. The highest BCUT2D eigenvalue weighted by molar-refractivity contribution is 5.88. The summed E-state index contributed by atoms with van der Waals surface area (Å²) < 4.78 is 11.1. The third-order valence-electron chi connectivity index (χ3n) is 2.79. The van der Waals surface area contributed by atoms with Gasteiger partial charge in [-0.25, -0.2) is 0 Å². The molecule has 0 heterocycles. The first kappa shape index (κ1) is 12.7. The van der Waals surface area contributed by atoms with Gasteiger partial charge in [0, 0.05) is 0 Å². The molecule has 0 radical (unpaired) electrons. The van der Waals surface area contributed by atoms with E-state index in [1.807, 2.05) is 44.2 Å². The molecule has 0 saturated carbocycles. The molecule has 0 amide bonds. The zero-order valence-corrected chi connectivity index (χ0v) is 10.9. The Balaban J connectivity index is 2.60. The molecule has 3 nitrogen and oxygen atoms in total. The van der Waals surface area contributed by atoms with Crippen LogP contribution < -0.4 is 9.47 Å². The van der Waals surface area contributed by atoms with Gasteiger partial charge in [0.1, 0.15) is 0 Å². The minimum absolute atomic E-state index is 0.0187. The van der Waals surface area contributed by atoms with Crippen LogP contribution in [-0.2, 0) is 6.61 Å². The molecular weight excluding hydrogens is 228 g/mol. The number of hydrogen-bond donors (Lipinski definition) is 1. The van der Waals surface area contributed by atoms with Crippen molar-refractivity contribution in [1.29, 1.82) is 0 Å². The summed E-state index contributed by atoms with van der Waals surface area (Å²) in [4.78, 5) is 0. The van der Waals surface area contributed by atoms with Gasteiger partial charge in [-0.1, -0.05) is 18.2 Å². The summed E-state index contributed by atoms with van der Waals surface area (Å²) >= 11 is 0. The van der Waals surface area contributed by atoms with Crippen molar-refractivity contribution in [3.63, 3.8) is 0 Å². The second kappa shape index (κ2) is 5.27. The number of rotatable bonds is 4. The van der Waals surface area contributed by atoms with Crippen molar-refractivity contribution in [3.05, 3.63) is 35.9 Å². The second-order valence-electron chi connectivity index (χ2n) is 4.47. The predicted molar refractivity (Wildman–Crippen MR) is 72.2 cm³/mol. The summed E-state index contributed by atoms with van der Waals surface area (Å²) in [7, 11) is 1.62. The van der Waals surface area contributed by atoms with Crippen molar-refractivity contribution < 1.29 is 14.6 Å².